The molecule has 0 aliphatic heterocycles. The van der Waals surface area contributed by atoms with Gasteiger partial charge in [-0.25, -0.2) is 4.68 Å². The third-order valence-electron chi connectivity index (χ3n) is 2.21. The summed E-state index contributed by atoms with van der Waals surface area (Å²) < 4.78 is 7.05. The van der Waals surface area contributed by atoms with Crippen LogP contribution in [0.1, 0.15) is 18.2 Å². The Bertz CT molecular complexity index is 355. The Balaban J connectivity index is 2.71. The molecule has 1 rings (SSSR count). The molecule has 0 saturated carbocycles. The molecular formula is C11H19N3O. The van der Waals surface area contributed by atoms with Crippen LogP contribution in [-0.2, 0) is 13.6 Å². The highest BCUT2D eigenvalue weighted by molar-refractivity contribution is 5.30. The molecule has 0 saturated heterocycles. The molecule has 1 aromatic heterocycles. The summed E-state index contributed by atoms with van der Waals surface area (Å²) in [5.74, 6) is 0.821. The second-order valence-corrected chi connectivity index (χ2v) is 3.76. The van der Waals surface area contributed by atoms with Crippen LogP contribution in [-0.4, -0.2) is 23.4 Å². The number of hydrogen-bond acceptors (Lipinski definition) is 3. The third kappa shape index (κ3) is 2.83. The van der Waals surface area contributed by atoms with Crippen molar-refractivity contribution in [3.63, 3.8) is 0 Å². The molecule has 4 heteroatoms. The molecule has 0 atom stereocenters. The average Bonchev–Trinajstić information content (AvgIpc) is 2.41. The van der Waals surface area contributed by atoms with Gasteiger partial charge >= 0.3 is 0 Å². The molecule has 0 unspecified atom stereocenters. The molecule has 1 aromatic rings. The zero-order valence-corrected chi connectivity index (χ0v) is 9.92. The monoisotopic (exact) mass is 209 g/mol. The Morgan fingerprint density at radius 3 is 2.80 bits per heavy atom. The van der Waals surface area contributed by atoms with Gasteiger partial charge in [0.15, 0.2) is 0 Å². The summed E-state index contributed by atoms with van der Waals surface area (Å²) in [4.78, 5) is 0. The Hall–Kier alpha value is -1.29. The summed E-state index contributed by atoms with van der Waals surface area (Å²) in [5, 5.41) is 7.61. The number of aromatic nitrogens is 2. The van der Waals surface area contributed by atoms with Gasteiger partial charge in [0.25, 0.3) is 0 Å². The van der Waals surface area contributed by atoms with E-state index in [9.17, 15) is 0 Å². The molecule has 1 N–H and O–H groups in total. The standard InChI is InChI=1S/C11H19N3O/c1-8(2)6-12-7-10-9(3)13-14(4)11(10)15-5/h12H,1,6-7H2,2-5H3. The quantitative estimate of drug-likeness (QED) is 0.745. The van der Waals surface area contributed by atoms with Crippen LogP contribution in [0.15, 0.2) is 12.2 Å². The molecule has 15 heavy (non-hydrogen) atoms. The van der Waals surface area contributed by atoms with Gasteiger partial charge in [-0.2, -0.15) is 5.10 Å². The lowest BCUT2D eigenvalue weighted by molar-refractivity contribution is 0.368. The minimum atomic E-state index is 0.760. The van der Waals surface area contributed by atoms with Crippen molar-refractivity contribution < 1.29 is 4.74 Å². The zero-order chi connectivity index (χ0) is 11.4. The number of rotatable bonds is 5. The number of aryl methyl sites for hydroxylation is 2. The number of nitrogens with one attached hydrogen (secondary N) is 1. The van der Waals surface area contributed by atoms with E-state index in [0.717, 1.165) is 35.8 Å². The Labute approximate surface area is 90.9 Å². The zero-order valence-electron chi connectivity index (χ0n) is 9.92. The molecular weight excluding hydrogens is 190 g/mol. The molecule has 4 nitrogen and oxygen atoms in total. The first-order valence-electron chi connectivity index (χ1n) is 4.97. The molecule has 0 aliphatic rings. The maximum absolute atomic E-state index is 5.29. The fourth-order valence-electron chi connectivity index (χ4n) is 1.54. The summed E-state index contributed by atoms with van der Waals surface area (Å²) in [6, 6.07) is 0. The van der Waals surface area contributed by atoms with Crippen molar-refractivity contribution >= 4 is 0 Å². The lowest BCUT2D eigenvalue weighted by atomic mass is 10.2. The number of hydrogen-bond donors (Lipinski definition) is 1. The van der Waals surface area contributed by atoms with E-state index in [-0.39, 0.29) is 0 Å². The van der Waals surface area contributed by atoms with Crippen molar-refractivity contribution in [3.05, 3.63) is 23.4 Å². The normalized spacial score (nSPS) is 10.4. The first-order valence-corrected chi connectivity index (χ1v) is 4.97. The molecule has 0 aliphatic carbocycles. The lowest BCUT2D eigenvalue weighted by Crippen LogP contribution is -2.16. The van der Waals surface area contributed by atoms with Crippen LogP contribution in [0.5, 0.6) is 5.88 Å². The van der Waals surface area contributed by atoms with Crippen LogP contribution in [0, 0.1) is 6.92 Å². The van der Waals surface area contributed by atoms with Gasteiger partial charge < -0.3 is 10.1 Å². The van der Waals surface area contributed by atoms with E-state index in [1.54, 1.807) is 11.8 Å². The molecule has 0 radical (unpaired) electrons. The Morgan fingerprint density at radius 2 is 2.27 bits per heavy atom. The smallest absolute Gasteiger partial charge is 0.216 e. The second kappa shape index (κ2) is 4.98. The van der Waals surface area contributed by atoms with E-state index in [0.29, 0.717) is 0 Å². The van der Waals surface area contributed by atoms with Gasteiger partial charge in [0.05, 0.1) is 18.4 Å². The van der Waals surface area contributed by atoms with E-state index in [1.807, 2.05) is 20.9 Å². The number of methoxy groups -OCH3 is 1. The van der Waals surface area contributed by atoms with Crippen molar-refractivity contribution in [3.8, 4) is 5.88 Å². The molecule has 0 amide bonds. The predicted molar refractivity (Wildman–Crippen MR) is 61.0 cm³/mol. The van der Waals surface area contributed by atoms with Crippen molar-refractivity contribution in [1.29, 1.82) is 0 Å². The average molecular weight is 209 g/mol. The van der Waals surface area contributed by atoms with Crippen LogP contribution in [0.2, 0.25) is 0 Å². The molecule has 0 bridgehead atoms. The van der Waals surface area contributed by atoms with Gasteiger partial charge in [-0.05, 0) is 13.8 Å². The molecule has 1 heterocycles. The first-order chi connectivity index (χ1) is 7.06. The third-order valence-corrected chi connectivity index (χ3v) is 2.21. The summed E-state index contributed by atoms with van der Waals surface area (Å²) in [7, 11) is 3.55. The minimum Gasteiger partial charge on any atom is -0.481 e. The Kier molecular flexibility index (Phi) is 3.91. The summed E-state index contributed by atoms with van der Waals surface area (Å²) in [6.07, 6.45) is 0. The fraction of sp³-hybridized carbons (Fsp3) is 0.545. The van der Waals surface area contributed by atoms with E-state index in [2.05, 4.69) is 17.0 Å². The highest BCUT2D eigenvalue weighted by atomic mass is 16.5. The number of nitrogens with zero attached hydrogens (tertiary/aromatic N) is 2. The largest absolute Gasteiger partial charge is 0.481 e. The minimum absolute atomic E-state index is 0.760. The van der Waals surface area contributed by atoms with Crippen LogP contribution in [0.3, 0.4) is 0 Å². The van der Waals surface area contributed by atoms with Crippen LogP contribution in [0.4, 0.5) is 0 Å². The molecule has 0 aromatic carbocycles. The van der Waals surface area contributed by atoms with Gasteiger partial charge in [0.1, 0.15) is 0 Å². The highest BCUT2D eigenvalue weighted by Crippen LogP contribution is 2.20. The van der Waals surface area contributed by atoms with Crippen molar-refractivity contribution in [2.45, 2.75) is 20.4 Å². The van der Waals surface area contributed by atoms with E-state index in [4.69, 9.17) is 4.74 Å². The van der Waals surface area contributed by atoms with E-state index >= 15 is 0 Å². The first kappa shape index (κ1) is 11.8. The van der Waals surface area contributed by atoms with Crippen molar-refractivity contribution in [1.82, 2.24) is 15.1 Å². The van der Waals surface area contributed by atoms with Crippen LogP contribution in [0.25, 0.3) is 0 Å². The molecule has 0 spiro atoms. The second-order valence-electron chi connectivity index (χ2n) is 3.76. The maximum Gasteiger partial charge on any atom is 0.216 e. The highest BCUT2D eigenvalue weighted by Gasteiger charge is 2.12. The predicted octanol–water partition coefficient (Wildman–Crippen LogP) is 1.40. The van der Waals surface area contributed by atoms with Gasteiger partial charge in [0.2, 0.25) is 5.88 Å². The lowest BCUT2D eigenvalue weighted by Gasteiger charge is -2.06. The van der Waals surface area contributed by atoms with Gasteiger partial charge in [-0.3, -0.25) is 0 Å². The summed E-state index contributed by atoms with van der Waals surface area (Å²) >= 11 is 0. The number of ether oxygens (including phenoxy) is 1. The maximum atomic E-state index is 5.29. The van der Waals surface area contributed by atoms with Gasteiger partial charge in [-0.15, -0.1) is 0 Å². The van der Waals surface area contributed by atoms with Crippen molar-refractivity contribution in [2.75, 3.05) is 13.7 Å². The fourth-order valence-corrected chi connectivity index (χ4v) is 1.54. The SMILES string of the molecule is C=C(C)CNCc1c(C)nn(C)c1OC. The molecule has 84 valence electrons. The Morgan fingerprint density at radius 1 is 1.60 bits per heavy atom. The summed E-state index contributed by atoms with van der Waals surface area (Å²) in [5.41, 5.74) is 3.24. The topological polar surface area (TPSA) is 39.1 Å². The molecule has 0 fully saturated rings. The van der Waals surface area contributed by atoms with E-state index < -0.39 is 0 Å². The summed E-state index contributed by atoms with van der Waals surface area (Å²) in [6.45, 7) is 9.41. The van der Waals surface area contributed by atoms with E-state index in [1.165, 1.54) is 0 Å². The van der Waals surface area contributed by atoms with Gasteiger partial charge in [-0.1, -0.05) is 12.2 Å². The van der Waals surface area contributed by atoms with Crippen LogP contribution >= 0.6 is 0 Å². The van der Waals surface area contributed by atoms with Crippen molar-refractivity contribution in [2.24, 2.45) is 7.05 Å². The van der Waals surface area contributed by atoms with Crippen LogP contribution < -0.4 is 10.1 Å². The van der Waals surface area contributed by atoms with Gasteiger partial charge in [0, 0.05) is 20.1 Å².